The smallest absolute Gasteiger partial charge is 0.109 e. The van der Waals surface area contributed by atoms with Crippen LogP contribution < -0.4 is 5.32 Å². The van der Waals surface area contributed by atoms with Crippen LogP contribution in [0.4, 0.5) is 0 Å². The zero-order valence-electron chi connectivity index (χ0n) is 10.1. The first-order valence-electron chi connectivity index (χ1n) is 6.03. The standard InChI is InChI=1S/C14H18N2S/c1-12(14-16-10-11-17-14)15-9-5-8-13-6-3-2-4-7-13/h2-4,6-7,10-12,15H,5,8-9H2,1H3/t12-/m0/s1. The largest absolute Gasteiger partial charge is 0.308 e. The first-order valence-corrected chi connectivity index (χ1v) is 6.91. The molecule has 0 fully saturated rings. The molecule has 0 saturated heterocycles. The van der Waals surface area contributed by atoms with E-state index in [0.717, 1.165) is 13.0 Å². The molecule has 2 nitrogen and oxygen atoms in total. The van der Waals surface area contributed by atoms with Gasteiger partial charge in [-0.15, -0.1) is 11.3 Å². The van der Waals surface area contributed by atoms with E-state index in [4.69, 9.17) is 0 Å². The molecular formula is C14H18N2S. The molecule has 1 heterocycles. The SMILES string of the molecule is C[C@H](NCCCc1ccccc1)c1nccs1. The Morgan fingerprint density at radius 1 is 1.29 bits per heavy atom. The fraction of sp³-hybridized carbons (Fsp3) is 0.357. The minimum atomic E-state index is 0.366. The molecule has 1 atom stereocenters. The van der Waals surface area contributed by atoms with Crippen molar-refractivity contribution in [3.05, 3.63) is 52.5 Å². The van der Waals surface area contributed by atoms with E-state index in [0.29, 0.717) is 6.04 Å². The zero-order chi connectivity index (χ0) is 11.9. The summed E-state index contributed by atoms with van der Waals surface area (Å²) in [4.78, 5) is 4.31. The highest BCUT2D eigenvalue weighted by Crippen LogP contribution is 2.14. The van der Waals surface area contributed by atoms with E-state index in [2.05, 4.69) is 47.6 Å². The van der Waals surface area contributed by atoms with Gasteiger partial charge >= 0.3 is 0 Å². The van der Waals surface area contributed by atoms with Crippen LogP contribution >= 0.6 is 11.3 Å². The van der Waals surface area contributed by atoms with Crippen LogP contribution in [0.1, 0.15) is 30.0 Å². The van der Waals surface area contributed by atoms with Crippen LogP contribution in [0.15, 0.2) is 41.9 Å². The van der Waals surface area contributed by atoms with Crippen molar-refractivity contribution in [3.8, 4) is 0 Å². The Hall–Kier alpha value is -1.19. The number of thiazole rings is 1. The summed E-state index contributed by atoms with van der Waals surface area (Å²) in [6.45, 7) is 3.21. The lowest BCUT2D eigenvalue weighted by atomic mass is 10.1. The highest BCUT2D eigenvalue weighted by molar-refractivity contribution is 7.09. The Balaban J connectivity index is 1.67. The molecule has 0 aliphatic heterocycles. The Morgan fingerprint density at radius 3 is 2.82 bits per heavy atom. The van der Waals surface area contributed by atoms with E-state index in [1.165, 1.54) is 17.0 Å². The zero-order valence-corrected chi connectivity index (χ0v) is 10.9. The van der Waals surface area contributed by atoms with Gasteiger partial charge in [-0.2, -0.15) is 0 Å². The van der Waals surface area contributed by atoms with E-state index in [-0.39, 0.29) is 0 Å². The minimum Gasteiger partial charge on any atom is -0.308 e. The third kappa shape index (κ3) is 3.95. The normalized spacial score (nSPS) is 12.5. The lowest BCUT2D eigenvalue weighted by molar-refractivity contribution is 0.556. The van der Waals surface area contributed by atoms with Gasteiger partial charge in [-0.05, 0) is 31.9 Å². The Labute approximate surface area is 107 Å². The third-order valence-electron chi connectivity index (χ3n) is 2.76. The molecule has 0 unspecified atom stereocenters. The monoisotopic (exact) mass is 246 g/mol. The molecule has 0 saturated carbocycles. The predicted octanol–water partition coefficient (Wildman–Crippen LogP) is 3.43. The topological polar surface area (TPSA) is 24.9 Å². The molecule has 2 aromatic rings. The van der Waals surface area contributed by atoms with Crippen LogP contribution in [0.3, 0.4) is 0 Å². The number of hydrogen-bond acceptors (Lipinski definition) is 3. The van der Waals surface area contributed by atoms with Crippen molar-refractivity contribution < 1.29 is 0 Å². The van der Waals surface area contributed by atoms with E-state index >= 15 is 0 Å². The Bertz CT molecular complexity index is 411. The summed E-state index contributed by atoms with van der Waals surface area (Å²) in [5.41, 5.74) is 1.41. The van der Waals surface area contributed by atoms with Crippen molar-refractivity contribution in [2.75, 3.05) is 6.54 Å². The van der Waals surface area contributed by atoms with Gasteiger partial charge in [0.2, 0.25) is 0 Å². The van der Waals surface area contributed by atoms with Crippen LogP contribution in [-0.2, 0) is 6.42 Å². The van der Waals surface area contributed by atoms with Gasteiger partial charge in [0.15, 0.2) is 0 Å². The second-order valence-corrected chi connectivity index (χ2v) is 5.06. The first kappa shape index (κ1) is 12.3. The highest BCUT2D eigenvalue weighted by atomic mass is 32.1. The Morgan fingerprint density at radius 2 is 2.12 bits per heavy atom. The fourth-order valence-corrected chi connectivity index (χ4v) is 2.46. The van der Waals surface area contributed by atoms with Gasteiger partial charge in [0.05, 0.1) is 6.04 Å². The van der Waals surface area contributed by atoms with Crippen molar-refractivity contribution in [2.24, 2.45) is 0 Å². The molecule has 3 heteroatoms. The summed E-state index contributed by atoms with van der Waals surface area (Å²) >= 11 is 1.71. The number of hydrogen-bond donors (Lipinski definition) is 1. The second kappa shape index (κ2) is 6.52. The van der Waals surface area contributed by atoms with Crippen LogP contribution in [0.25, 0.3) is 0 Å². The van der Waals surface area contributed by atoms with Crippen LogP contribution in [0.2, 0.25) is 0 Å². The molecule has 90 valence electrons. The number of benzene rings is 1. The summed E-state index contributed by atoms with van der Waals surface area (Å²) in [5.74, 6) is 0. The maximum absolute atomic E-state index is 4.31. The van der Waals surface area contributed by atoms with Crippen LogP contribution in [0, 0.1) is 0 Å². The van der Waals surface area contributed by atoms with Gasteiger partial charge in [0.25, 0.3) is 0 Å². The van der Waals surface area contributed by atoms with Gasteiger partial charge in [-0.25, -0.2) is 4.98 Å². The van der Waals surface area contributed by atoms with E-state index in [1.54, 1.807) is 11.3 Å². The molecule has 0 aliphatic carbocycles. The van der Waals surface area contributed by atoms with Crippen molar-refractivity contribution >= 4 is 11.3 Å². The van der Waals surface area contributed by atoms with E-state index in [9.17, 15) is 0 Å². The summed E-state index contributed by atoms with van der Waals surface area (Å²) < 4.78 is 0. The molecule has 2 rings (SSSR count). The Kier molecular flexibility index (Phi) is 4.71. The summed E-state index contributed by atoms with van der Waals surface area (Å²) in [5, 5.41) is 6.70. The number of aryl methyl sites for hydroxylation is 1. The molecule has 1 aromatic carbocycles. The number of rotatable bonds is 6. The van der Waals surface area contributed by atoms with Gasteiger partial charge in [-0.3, -0.25) is 0 Å². The molecule has 1 aromatic heterocycles. The molecule has 17 heavy (non-hydrogen) atoms. The minimum absolute atomic E-state index is 0.366. The van der Waals surface area contributed by atoms with Crippen LogP contribution in [0.5, 0.6) is 0 Å². The molecule has 0 radical (unpaired) electrons. The summed E-state index contributed by atoms with van der Waals surface area (Å²) in [6.07, 6.45) is 4.17. The summed E-state index contributed by atoms with van der Waals surface area (Å²) in [6, 6.07) is 11.0. The predicted molar refractivity (Wildman–Crippen MR) is 73.3 cm³/mol. The number of aromatic nitrogens is 1. The number of nitrogens with one attached hydrogen (secondary N) is 1. The van der Waals surface area contributed by atoms with E-state index in [1.807, 2.05) is 11.6 Å². The van der Waals surface area contributed by atoms with Gasteiger partial charge in [0.1, 0.15) is 5.01 Å². The lowest BCUT2D eigenvalue weighted by Crippen LogP contribution is -2.20. The highest BCUT2D eigenvalue weighted by Gasteiger charge is 2.05. The molecule has 1 N–H and O–H groups in total. The van der Waals surface area contributed by atoms with Gasteiger partial charge in [-0.1, -0.05) is 30.3 Å². The number of nitrogens with zero attached hydrogens (tertiary/aromatic N) is 1. The van der Waals surface area contributed by atoms with Crippen molar-refractivity contribution in [1.82, 2.24) is 10.3 Å². The quantitative estimate of drug-likeness (QED) is 0.790. The molecule has 0 spiro atoms. The van der Waals surface area contributed by atoms with Crippen molar-refractivity contribution in [2.45, 2.75) is 25.8 Å². The van der Waals surface area contributed by atoms with Crippen molar-refractivity contribution in [1.29, 1.82) is 0 Å². The third-order valence-corrected chi connectivity index (χ3v) is 3.72. The maximum Gasteiger partial charge on any atom is 0.109 e. The fourth-order valence-electron chi connectivity index (χ4n) is 1.79. The van der Waals surface area contributed by atoms with E-state index < -0.39 is 0 Å². The van der Waals surface area contributed by atoms with Gasteiger partial charge < -0.3 is 5.32 Å². The average Bonchev–Trinajstić information content (AvgIpc) is 2.89. The molecule has 0 aliphatic rings. The van der Waals surface area contributed by atoms with Crippen LogP contribution in [-0.4, -0.2) is 11.5 Å². The molecule has 0 amide bonds. The van der Waals surface area contributed by atoms with Gasteiger partial charge in [0, 0.05) is 11.6 Å². The van der Waals surface area contributed by atoms with Crippen molar-refractivity contribution in [3.63, 3.8) is 0 Å². The summed E-state index contributed by atoms with van der Waals surface area (Å²) in [7, 11) is 0. The average molecular weight is 246 g/mol. The first-order chi connectivity index (χ1) is 8.36. The second-order valence-electron chi connectivity index (χ2n) is 4.14. The lowest BCUT2D eigenvalue weighted by Gasteiger charge is -2.10. The molecular weight excluding hydrogens is 228 g/mol. The molecule has 0 bridgehead atoms. The maximum atomic E-state index is 4.31.